The Kier molecular flexibility index (Phi) is 10.6. The van der Waals surface area contributed by atoms with Crippen LogP contribution in [0.15, 0.2) is 76.9 Å². The summed E-state index contributed by atoms with van der Waals surface area (Å²) >= 11 is 7.29. The molecule has 5 nitrogen and oxygen atoms in total. The molecule has 0 radical (unpaired) electrons. The van der Waals surface area contributed by atoms with E-state index in [2.05, 4.69) is 9.62 Å². The second-order valence-electron chi connectivity index (χ2n) is 8.76. The van der Waals surface area contributed by atoms with E-state index >= 15 is 0 Å². The van der Waals surface area contributed by atoms with Gasteiger partial charge < -0.3 is 19.5 Å². The number of carbonyl (C=O) groups excluding carboxylic acids is 1. The minimum absolute atomic E-state index is 0.219. The SMILES string of the molecule is C\C=C(Cl)/C=C(\C=C\O)c1ccc(N2CCC(CC(=O)OC)CC2)c(NSc2cccc(C(F)(F)F)c2)c1. The monoisotopic (exact) mass is 566 g/mol. The second-order valence-corrected chi connectivity index (χ2v) is 10.1. The van der Waals surface area contributed by atoms with Gasteiger partial charge in [0.2, 0.25) is 0 Å². The summed E-state index contributed by atoms with van der Waals surface area (Å²) < 4.78 is 47.7. The third-order valence-electron chi connectivity index (χ3n) is 6.23. The van der Waals surface area contributed by atoms with Crippen LogP contribution in [0, 0.1) is 5.92 Å². The maximum atomic E-state index is 13.2. The Labute approximate surface area is 230 Å². The quantitative estimate of drug-likeness (QED) is 0.138. The van der Waals surface area contributed by atoms with Gasteiger partial charge in [0.25, 0.3) is 0 Å². The number of hydrogen-bond donors (Lipinski definition) is 2. The Morgan fingerprint density at radius 2 is 1.97 bits per heavy atom. The number of halogens is 4. The van der Waals surface area contributed by atoms with Crippen LogP contribution in [0.2, 0.25) is 0 Å². The van der Waals surface area contributed by atoms with Crippen molar-refractivity contribution in [3.05, 3.63) is 83.1 Å². The molecule has 0 aromatic heterocycles. The Hall–Kier alpha value is -3.04. The number of allylic oxidation sites excluding steroid dienone is 5. The van der Waals surface area contributed by atoms with Gasteiger partial charge in [-0.3, -0.25) is 4.79 Å². The van der Waals surface area contributed by atoms with Crippen LogP contribution < -0.4 is 9.62 Å². The highest BCUT2D eigenvalue weighted by Crippen LogP contribution is 2.37. The zero-order valence-corrected chi connectivity index (χ0v) is 22.7. The Morgan fingerprint density at radius 1 is 1.24 bits per heavy atom. The van der Waals surface area contributed by atoms with Gasteiger partial charge in [0.05, 0.1) is 30.3 Å². The fourth-order valence-electron chi connectivity index (χ4n) is 4.16. The average molecular weight is 567 g/mol. The molecule has 0 unspecified atom stereocenters. The van der Waals surface area contributed by atoms with Crippen LogP contribution >= 0.6 is 23.5 Å². The molecule has 1 saturated heterocycles. The van der Waals surface area contributed by atoms with E-state index in [1.54, 1.807) is 25.1 Å². The molecule has 0 bridgehead atoms. The Bertz CT molecular complexity index is 1210. The van der Waals surface area contributed by atoms with Crippen molar-refractivity contribution in [1.29, 1.82) is 0 Å². The van der Waals surface area contributed by atoms with E-state index in [-0.39, 0.29) is 11.9 Å². The van der Waals surface area contributed by atoms with E-state index in [9.17, 15) is 23.1 Å². The smallest absolute Gasteiger partial charge is 0.416 e. The number of nitrogens with zero attached hydrogens (tertiary/aromatic N) is 1. The molecule has 2 aromatic rings. The van der Waals surface area contributed by atoms with E-state index < -0.39 is 11.7 Å². The molecule has 1 heterocycles. The van der Waals surface area contributed by atoms with Crippen LogP contribution in [0.5, 0.6) is 0 Å². The van der Waals surface area contributed by atoms with E-state index in [0.29, 0.717) is 40.7 Å². The molecule has 0 spiro atoms. The van der Waals surface area contributed by atoms with Crippen molar-refractivity contribution >= 4 is 46.5 Å². The molecule has 2 N–H and O–H groups in total. The first-order chi connectivity index (χ1) is 18.1. The number of anilines is 2. The molecule has 204 valence electrons. The van der Waals surface area contributed by atoms with Crippen LogP contribution in [-0.4, -0.2) is 31.3 Å². The lowest BCUT2D eigenvalue weighted by molar-refractivity contribution is -0.142. The molecule has 0 amide bonds. The average Bonchev–Trinajstić information content (AvgIpc) is 2.91. The highest BCUT2D eigenvalue weighted by Gasteiger charge is 2.30. The lowest BCUT2D eigenvalue weighted by Gasteiger charge is -2.34. The van der Waals surface area contributed by atoms with Gasteiger partial charge in [-0.1, -0.05) is 29.8 Å². The third kappa shape index (κ3) is 8.23. The predicted octanol–water partition coefficient (Wildman–Crippen LogP) is 8.20. The number of piperidine rings is 1. The van der Waals surface area contributed by atoms with Crippen molar-refractivity contribution in [3.8, 4) is 0 Å². The number of carbonyl (C=O) groups is 1. The van der Waals surface area contributed by atoms with Crippen molar-refractivity contribution in [2.24, 2.45) is 5.92 Å². The molecule has 1 fully saturated rings. The first kappa shape index (κ1) is 29.5. The molecule has 0 aliphatic carbocycles. The maximum Gasteiger partial charge on any atom is 0.416 e. The Morgan fingerprint density at radius 3 is 2.61 bits per heavy atom. The molecule has 1 aliphatic rings. The van der Waals surface area contributed by atoms with E-state index in [1.807, 2.05) is 18.2 Å². The van der Waals surface area contributed by atoms with Gasteiger partial charge in [0, 0.05) is 29.4 Å². The standard InChI is InChI=1S/C28H30ClF3N2O3S/c1-3-23(29)16-21(11-14-35)20-7-8-26(34-12-9-19(10-13-34)15-27(36)37-2)25(17-20)33-38-24-6-4-5-22(18-24)28(30,31)32/h3-8,11,14,16-19,33,35H,9-10,12-13,15H2,1-2H3/b14-11+,21-16+,23-3+. The van der Waals surface area contributed by atoms with Gasteiger partial charge >= 0.3 is 12.1 Å². The van der Waals surface area contributed by atoms with Crippen molar-refractivity contribution in [2.75, 3.05) is 29.8 Å². The first-order valence-corrected chi connectivity index (χ1v) is 13.2. The summed E-state index contributed by atoms with van der Waals surface area (Å²) in [6, 6.07) is 10.9. The largest absolute Gasteiger partial charge is 0.516 e. The number of nitrogens with one attached hydrogen (secondary N) is 1. The fourth-order valence-corrected chi connectivity index (χ4v) is 5.00. The minimum atomic E-state index is -4.43. The summed E-state index contributed by atoms with van der Waals surface area (Å²) in [6.07, 6.45) is 3.46. The highest BCUT2D eigenvalue weighted by molar-refractivity contribution is 8.00. The summed E-state index contributed by atoms with van der Waals surface area (Å²) in [5.74, 6) is 0.0183. The molecule has 2 aromatic carbocycles. The predicted molar refractivity (Wildman–Crippen MR) is 148 cm³/mol. The molecule has 10 heteroatoms. The number of benzene rings is 2. The second kappa shape index (κ2) is 13.7. The number of aliphatic hydroxyl groups is 1. The summed E-state index contributed by atoms with van der Waals surface area (Å²) in [5, 5.41) is 9.91. The van der Waals surface area contributed by atoms with Crippen LogP contribution in [0.3, 0.4) is 0 Å². The van der Waals surface area contributed by atoms with Crippen LogP contribution in [0.4, 0.5) is 24.5 Å². The van der Waals surface area contributed by atoms with Crippen molar-refractivity contribution in [3.63, 3.8) is 0 Å². The van der Waals surface area contributed by atoms with E-state index in [1.165, 1.54) is 19.3 Å². The normalized spacial score (nSPS) is 15.7. The fraction of sp³-hybridized carbons (Fsp3) is 0.321. The van der Waals surface area contributed by atoms with E-state index in [4.69, 9.17) is 16.3 Å². The zero-order chi connectivity index (χ0) is 27.7. The summed E-state index contributed by atoms with van der Waals surface area (Å²) in [7, 11) is 1.39. The van der Waals surface area contributed by atoms with Gasteiger partial charge in [-0.05, 0) is 91.3 Å². The molecular weight excluding hydrogens is 537 g/mol. The number of hydrogen-bond acceptors (Lipinski definition) is 6. The molecule has 1 aliphatic heterocycles. The number of alkyl halides is 3. The van der Waals surface area contributed by atoms with Crippen LogP contribution in [0.25, 0.3) is 5.57 Å². The summed E-state index contributed by atoms with van der Waals surface area (Å²) in [6.45, 7) is 3.23. The molecule has 3 rings (SSSR count). The topological polar surface area (TPSA) is 61.8 Å². The van der Waals surface area contributed by atoms with Gasteiger partial charge in [-0.2, -0.15) is 13.2 Å². The third-order valence-corrected chi connectivity index (χ3v) is 7.37. The van der Waals surface area contributed by atoms with Crippen LogP contribution in [0.1, 0.15) is 37.3 Å². The highest BCUT2D eigenvalue weighted by atomic mass is 35.5. The number of methoxy groups -OCH3 is 1. The first-order valence-electron chi connectivity index (χ1n) is 12.0. The van der Waals surface area contributed by atoms with Crippen molar-refractivity contribution in [1.82, 2.24) is 0 Å². The van der Waals surface area contributed by atoms with Crippen LogP contribution in [-0.2, 0) is 15.7 Å². The molecule has 0 atom stereocenters. The Balaban J connectivity index is 1.91. The van der Waals surface area contributed by atoms with Gasteiger partial charge in [0.15, 0.2) is 0 Å². The molecule has 0 saturated carbocycles. The van der Waals surface area contributed by atoms with E-state index in [0.717, 1.165) is 54.4 Å². The number of esters is 1. The minimum Gasteiger partial charge on any atom is -0.516 e. The zero-order valence-electron chi connectivity index (χ0n) is 21.1. The van der Waals surface area contributed by atoms with Crippen molar-refractivity contribution in [2.45, 2.75) is 37.3 Å². The van der Waals surface area contributed by atoms with Gasteiger partial charge in [-0.25, -0.2) is 0 Å². The van der Waals surface area contributed by atoms with Gasteiger partial charge in [-0.15, -0.1) is 0 Å². The number of aliphatic hydroxyl groups excluding tert-OH is 1. The molecule has 38 heavy (non-hydrogen) atoms. The van der Waals surface area contributed by atoms with Gasteiger partial charge in [0.1, 0.15) is 0 Å². The molecular formula is C28H30ClF3N2O3S. The lowest BCUT2D eigenvalue weighted by Crippen LogP contribution is -2.34. The maximum absolute atomic E-state index is 13.2. The van der Waals surface area contributed by atoms with Crippen molar-refractivity contribution < 1.29 is 27.8 Å². The number of ether oxygens (including phenoxy) is 1. The lowest BCUT2D eigenvalue weighted by atomic mass is 9.93. The summed E-state index contributed by atoms with van der Waals surface area (Å²) in [4.78, 5) is 14.3. The summed E-state index contributed by atoms with van der Waals surface area (Å²) in [5.41, 5.74) is 2.28. The number of rotatable bonds is 9.